The molecule has 0 bridgehead atoms. The Bertz CT molecular complexity index is 936. The van der Waals surface area contributed by atoms with E-state index in [1.807, 2.05) is 24.4 Å². The van der Waals surface area contributed by atoms with Gasteiger partial charge in [-0.05, 0) is 37.1 Å². The highest BCUT2D eigenvalue weighted by atomic mass is 16.5. The molecule has 0 saturated heterocycles. The maximum atomic E-state index is 12.4. The number of H-pyrrole nitrogens is 1. The van der Waals surface area contributed by atoms with Crippen molar-refractivity contribution in [1.29, 1.82) is 0 Å². The smallest absolute Gasteiger partial charge is 0.407 e. The lowest BCUT2D eigenvalue weighted by Gasteiger charge is -2.08. The van der Waals surface area contributed by atoms with Crippen LogP contribution in [0.15, 0.2) is 48.8 Å². The number of carbonyl (C=O) groups is 2. The molecule has 2 amide bonds. The topological polar surface area (TPSA) is 96.1 Å². The maximum Gasteiger partial charge on any atom is 0.407 e. The largest absolute Gasteiger partial charge is 0.450 e. The van der Waals surface area contributed by atoms with E-state index in [1.54, 1.807) is 25.3 Å². The van der Waals surface area contributed by atoms with Crippen molar-refractivity contribution in [3.8, 4) is 0 Å². The number of benzene rings is 1. The number of ether oxygens (including phenoxy) is 1. The Morgan fingerprint density at radius 2 is 2.04 bits per heavy atom. The van der Waals surface area contributed by atoms with E-state index in [0.29, 0.717) is 24.4 Å². The summed E-state index contributed by atoms with van der Waals surface area (Å²) in [6, 6.07) is 11.4. The van der Waals surface area contributed by atoms with Crippen LogP contribution in [0.3, 0.4) is 0 Å². The van der Waals surface area contributed by atoms with Crippen molar-refractivity contribution in [2.45, 2.75) is 19.9 Å². The highest BCUT2D eigenvalue weighted by Crippen LogP contribution is 2.17. The van der Waals surface area contributed by atoms with Crippen LogP contribution in [-0.2, 0) is 17.7 Å². The van der Waals surface area contributed by atoms with Crippen molar-refractivity contribution >= 4 is 22.9 Å². The predicted octanol–water partition coefficient (Wildman–Crippen LogP) is 2.78. The molecule has 0 saturated carbocycles. The first-order chi connectivity index (χ1) is 13.2. The number of para-hydroxylation sites is 1. The lowest BCUT2D eigenvalue weighted by atomic mass is 10.1. The van der Waals surface area contributed by atoms with E-state index in [9.17, 15) is 9.59 Å². The van der Waals surface area contributed by atoms with Gasteiger partial charge in [-0.15, -0.1) is 0 Å². The second-order valence-electron chi connectivity index (χ2n) is 5.98. The number of nitrogens with one attached hydrogen (secondary N) is 3. The van der Waals surface area contributed by atoms with Gasteiger partial charge in [0, 0.05) is 35.4 Å². The third kappa shape index (κ3) is 4.84. The van der Waals surface area contributed by atoms with Gasteiger partial charge in [0.1, 0.15) is 0 Å². The monoisotopic (exact) mass is 366 g/mol. The maximum absolute atomic E-state index is 12.4. The van der Waals surface area contributed by atoms with Crippen LogP contribution in [0, 0.1) is 0 Å². The summed E-state index contributed by atoms with van der Waals surface area (Å²) in [5.41, 5.74) is 3.35. The molecule has 0 unspecified atom stereocenters. The molecule has 7 nitrogen and oxygen atoms in total. The molecule has 3 aromatic rings. The van der Waals surface area contributed by atoms with Crippen molar-refractivity contribution in [3.63, 3.8) is 0 Å². The lowest BCUT2D eigenvalue weighted by Crippen LogP contribution is -2.27. The molecular formula is C20H22N4O3. The second kappa shape index (κ2) is 8.84. The summed E-state index contributed by atoms with van der Waals surface area (Å²) in [6.45, 7) is 2.77. The number of alkyl carbamates (subject to hydrolysis) is 1. The average Bonchev–Trinajstić information content (AvgIpc) is 3.10. The van der Waals surface area contributed by atoms with Crippen LogP contribution in [0.2, 0.25) is 0 Å². The minimum Gasteiger partial charge on any atom is -0.450 e. The molecule has 1 aromatic carbocycles. The zero-order valence-corrected chi connectivity index (χ0v) is 15.1. The Morgan fingerprint density at radius 3 is 2.89 bits per heavy atom. The summed E-state index contributed by atoms with van der Waals surface area (Å²) >= 11 is 0. The second-order valence-corrected chi connectivity index (χ2v) is 5.98. The van der Waals surface area contributed by atoms with Crippen LogP contribution < -0.4 is 10.6 Å². The molecule has 3 rings (SSSR count). The number of pyridine rings is 1. The third-order valence-corrected chi connectivity index (χ3v) is 4.12. The van der Waals surface area contributed by atoms with Crippen LogP contribution in [0.4, 0.5) is 4.79 Å². The quantitative estimate of drug-likeness (QED) is 0.599. The van der Waals surface area contributed by atoms with Gasteiger partial charge in [0.15, 0.2) is 0 Å². The number of hydrogen-bond donors (Lipinski definition) is 3. The Kier molecular flexibility index (Phi) is 6.04. The third-order valence-electron chi connectivity index (χ3n) is 4.12. The Labute approximate surface area is 157 Å². The van der Waals surface area contributed by atoms with Gasteiger partial charge < -0.3 is 20.4 Å². The van der Waals surface area contributed by atoms with Crippen molar-refractivity contribution in [1.82, 2.24) is 20.6 Å². The molecule has 2 aromatic heterocycles. The van der Waals surface area contributed by atoms with Crippen LogP contribution in [0.25, 0.3) is 10.9 Å². The molecule has 0 radical (unpaired) electrons. The van der Waals surface area contributed by atoms with Gasteiger partial charge in [0.25, 0.3) is 5.91 Å². The lowest BCUT2D eigenvalue weighted by molar-refractivity contribution is 0.0954. The molecule has 3 N–H and O–H groups in total. The average molecular weight is 366 g/mol. The van der Waals surface area contributed by atoms with Gasteiger partial charge in [-0.2, -0.15) is 0 Å². The highest BCUT2D eigenvalue weighted by Gasteiger charge is 2.09. The molecule has 0 atom stereocenters. The fourth-order valence-electron chi connectivity index (χ4n) is 2.81. The molecule has 2 heterocycles. The van der Waals surface area contributed by atoms with E-state index in [0.717, 1.165) is 11.9 Å². The van der Waals surface area contributed by atoms with E-state index < -0.39 is 6.09 Å². The first-order valence-electron chi connectivity index (χ1n) is 8.86. The van der Waals surface area contributed by atoms with Gasteiger partial charge in [0.05, 0.1) is 18.8 Å². The van der Waals surface area contributed by atoms with Crippen LogP contribution in [-0.4, -0.2) is 35.1 Å². The standard InChI is InChI=1S/C20H22N4O3/c1-2-27-20(26)24-13-16-11-14(7-9-21-16)19(25)22-10-8-15-12-23-18-6-4-3-5-17(15)18/h3-7,9,11-12,23H,2,8,10,13H2,1H3,(H,22,25)(H,24,26). The van der Waals surface area contributed by atoms with E-state index in [1.165, 1.54) is 10.9 Å². The molecule has 0 aliphatic heterocycles. The first-order valence-corrected chi connectivity index (χ1v) is 8.86. The van der Waals surface area contributed by atoms with Gasteiger partial charge in [-0.3, -0.25) is 9.78 Å². The zero-order valence-electron chi connectivity index (χ0n) is 15.1. The molecule has 27 heavy (non-hydrogen) atoms. The van der Waals surface area contributed by atoms with Crippen molar-refractivity contribution in [2.75, 3.05) is 13.2 Å². The molecule has 0 aliphatic carbocycles. The highest BCUT2D eigenvalue weighted by molar-refractivity contribution is 5.94. The van der Waals surface area contributed by atoms with E-state index in [4.69, 9.17) is 4.74 Å². The fraction of sp³-hybridized carbons (Fsp3) is 0.250. The van der Waals surface area contributed by atoms with Crippen LogP contribution >= 0.6 is 0 Å². The van der Waals surface area contributed by atoms with Crippen molar-refractivity contribution in [2.24, 2.45) is 0 Å². The molecule has 140 valence electrons. The van der Waals surface area contributed by atoms with Gasteiger partial charge >= 0.3 is 6.09 Å². The summed E-state index contributed by atoms with van der Waals surface area (Å²) in [5.74, 6) is -0.172. The Hall–Kier alpha value is -3.35. The SMILES string of the molecule is CCOC(=O)NCc1cc(C(=O)NCCc2c[nH]c3ccccc23)ccn1. The van der Waals surface area contributed by atoms with E-state index >= 15 is 0 Å². The van der Waals surface area contributed by atoms with E-state index in [2.05, 4.69) is 26.7 Å². The molecule has 7 heteroatoms. The first kappa shape index (κ1) is 18.4. The molecule has 0 spiro atoms. The summed E-state index contributed by atoms with van der Waals surface area (Å²) in [4.78, 5) is 31.1. The number of aromatic nitrogens is 2. The van der Waals surface area contributed by atoms with E-state index in [-0.39, 0.29) is 12.5 Å². The predicted molar refractivity (Wildman–Crippen MR) is 102 cm³/mol. The normalized spacial score (nSPS) is 10.6. The summed E-state index contributed by atoms with van der Waals surface area (Å²) in [5, 5.41) is 6.68. The van der Waals surface area contributed by atoms with Gasteiger partial charge in [-0.25, -0.2) is 4.79 Å². The number of hydrogen-bond acceptors (Lipinski definition) is 4. The number of carbonyl (C=O) groups excluding carboxylic acids is 2. The number of rotatable bonds is 7. The Morgan fingerprint density at radius 1 is 1.19 bits per heavy atom. The van der Waals surface area contributed by atoms with Crippen LogP contribution in [0.1, 0.15) is 28.5 Å². The minimum absolute atomic E-state index is 0.172. The number of aromatic amines is 1. The van der Waals surface area contributed by atoms with Gasteiger partial charge in [-0.1, -0.05) is 18.2 Å². The summed E-state index contributed by atoms with van der Waals surface area (Å²) < 4.78 is 4.80. The van der Waals surface area contributed by atoms with Crippen molar-refractivity contribution < 1.29 is 14.3 Å². The summed E-state index contributed by atoms with van der Waals surface area (Å²) in [6.07, 6.45) is 3.75. The van der Waals surface area contributed by atoms with Gasteiger partial charge in [0.2, 0.25) is 0 Å². The molecular weight excluding hydrogens is 344 g/mol. The summed E-state index contributed by atoms with van der Waals surface area (Å²) in [7, 11) is 0. The molecule has 0 fully saturated rings. The van der Waals surface area contributed by atoms with Crippen LogP contribution in [0.5, 0.6) is 0 Å². The number of nitrogens with zero attached hydrogens (tertiary/aromatic N) is 1. The van der Waals surface area contributed by atoms with Crippen molar-refractivity contribution in [3.05, 3.63) is 65.6 Å². The Balaban J connectivity index is 1.53. The minimum atomic E-state index is -0.507. The number of amides is 2. The number of fused-ring (bicyclic) bond motifs is 1. The zero-order chi connectivity index (χ0) is 19.1. The molecule has 0 aliphatic rings. The fourth-order valence-corrected chi connectivity index (χ4v) is 2.81.